The maximum atomic E-state index is 14.6. The number of hydrogen-bond donors (Lipinski definition) is 2. The summed E-state index contributed by atoms with van der Waals surface area (Å²) in [5.41, 5.74) is 1.82. The van der Waals surface area contributed by atoms with Crippen LogP contribution in [0.15, 0.2) is 48.5 Å². The number of aliphatic hydroxyl groups excluding tert-OH is 1. The molecule has 1 heterocycles. The van der Waals surface area contributed by atoms with Crippen LogP contribution in [0.1, 0.15) is 24.8 Å². The summed E-state index contributed by atoms with van der Waals surface area (Å²) in [7, 11) is 0. The Hall–Kier alpha value is -2.73. The lowest BCUT2D eigenvalue weighted by atomic mass is 9.94. The lowest BCUT2D eigenvalue weighted by Crippen LogP contribution is -2.58. The Morgan fingerprint density at radius 3 is 2.70 bits per heavy atom. The van der Waals surface area contributed by atoms with E-state index in [1.54, 1.807) is 19.1 Å². The van der Waals surface area contributed by atoms with Crippen LogP contribution in [-0.4, -0.2) is 47.6 Å². The van der Waals surface area contributed by atoms with Crippen molar-refractivity contribution in [3.05, 3.63) is 59.9 Å². The molecule has 3 rings (SSSR count). The van der Waals surface area contributed by atoms with Gasteiger partial charge in [0.05, 0.1) is 5.92 Å². The normalized spacial score (nSPS) is 18.1. The van der Waals surface area contributed by atoms with Crippen LogP contribution in [0, 0.1) is 5.82 Å². The number of amides is 2. The summed E-state index contributed by atoms with van der Waals surface area (Å²) in [4.78, 5) is 26.5. The molecule has 2 N–H and O–H groups in total. The summed E-state index contributed by atoms with van der Waals surface area (Å²) < 4.78 is 14.6. The standard InChI is InChI=1S/C21H23FN2O3/c1-14(21(27)24-11-10-23-20(26)19(24)9-12-25)16-7-8-17(18(22)13-16)15-5-3-2-4-6-15/h2-8,13-14,19,25H,9-12H2,1H3,(H,23,26)/t14-,19-/m0/s1. The molecule has 0 radical (unpaired) electrons. The van der Waals surface area contributed by atoms with Gasteiger partial charge in [0.2, 0.25) is 11.8 Å². The molecule has 1 saturated heterocycles. The number of nitrogens with one attached hydrogen (secondary N) is 1. The van der Waals surface area contributed by atoms with E-state index in [0.717, 1.165) is 5.56 Å². The van der Waals surface area contributed by atoms with Gasteiger partial charge >= 0.3 is 0 Å². The molecule has 0 aliphatic carbocycles. The minimum absolute atomic E-state index is 0.184. The average Bonchev–Trinajstić information content (AvgIpc) is 2.69. The van der Waals surface area contributed by atoms with Crippen LogP contribution < -0.4 is 5.32 Å². The van der Waals surface area contributed by atoms with E-state index in [0.29, 0.717) is 24.2 Å². The van der Waals surface area contributed by atoms with Crippen LogP contribution in [0.2, 0.25) is 0 Å². The second kappa shape index (κ2) is 8.31. The van der Waals surface area contributed by atoms with Gasteiger partial charge in [-0.3, -0.25) is 9.59 Å². The molecule has 6 heteroatoms. The number of piperazine rings is 1. The number of halogens is 1. The zero-order valence-electron chi connectivity index (χ0n) is 15.2. The fraction of sp³-hybridized carbons (Fsp3) is 0.333. The van der Waals surface area contributed by atoms with Crippen molar-refractivity contribution < 1.29 is 19.1 Å². The van der Waals surface area contributed by atoms with Gasteiger partial charge in [-0.2, -0.15) is 0 Å². The van der Waals surface area contributed by atoms with Gasteiger partial charge in [0.15, 0.2) is 0 Å². The van der Waals surface area contributed by atoms with Crippen molar-refractivity contribution in [1.82, 2.24) is 10.2 Å². The Kier molecular flexibility index (Phi) is 5.86. The van der Waals surface area contributed by atoms with Crippen LogP contribution in [0.25, 0.3) is 11.1 Å². The third-order valence-electron chi connectivity index (χ3n) is 4.96. The Balaban J connectivity index is 1.82. The van der Waals surface area contributed by atoms with Crippen LogP contribution in [0.3, 0.4) is 0 Å². The van der Waals surface area contributed by atoms with E-state index >= 15 is 0 Å². The molecule has 2 atom stereocenters. The number of rotatable bonds is 5. The average molecular weight is 370 g/mol. The molecule has 2 aromatic rings. The van der Waals surface area contributed by atoms with Gasteiger partial charge in [0, 0.05) is 25.3 Å². The van der Waals surface area contributed by atoms with Gasteiger partial charge in [-0.15, -0.1) is 0 Å². The highest BCUT2D eigenvalue weighted by Crippen LogP contribution is 2.28. The van der Waals surface area contributed by atoms with E-state index in [-0.39, 0.29) is 30.7 Å². The molecule has 0 aromatic heterocycles. The maximum Gasteiger partial charge on any atom is 0.242 e. The Morgan fingerprint density at radius 1 is 1.30 bits per heavy atom. The molecule has 5 nitrogen and oxygen atoms in total. The lowest BCUT2D eigenvalue weighted by molar-refractivity contribution is -0.144. The summed E-state index contributed by atoms with van der Waals surface area (Å²) in [6.45, 7) is 2.28. The van der Waals surface area contributed by atoms with E-state index in [4.69, 9.17) is 0 Å². The molecule has 1 aliphatic heterocycles. The number of aliphatic hydroxyl groups is 1. The summed E-state index contributed by atoms with van der Waals surface area (Å²) in [5, 5.41) is 11.9. The van der Waals surface area contributed by atoms with Crippen LogP contribution in [0.4, 0.5) is 4.39 Å². The van der Waals surface area contributed by atoms with Crippen LogP contribution in [-0.2, 0) is 9.59 Å². The molecule has 0 unspecified atom stereocenters. The third kappa shape index (κ3) is 4.01. The smallest absolute Gasteiger partial charge is 0.242 e. The predicted octanol–water partition coefficient (Wildman–Crippen LogP) is 2.31. The molecular formula is C21H23FN2O3. The summed E-state index contributed by atoms with van der Waals surface area (Å²) in [6, 6.07) is 13.3. The highest BCUT2D eigenvalue weighted by molar-refractivity contribution is 5.91. The molecule has 27 heavy (non-hydrogen) atoms. The first-order valence-electron chi connectivity index (χ1n) is 9.07. The Morgan fingerprint density at radius 2 is 2.04 bits per heavy atom. The van der Waals surface area contributed by atoms with E-state index in [1.165, 1.54) is 11.0 Å². The largest absolute Gasteiger partial charge is 0.396 e. The molecule has 0 bridgehead atoms. The second-order valence-corrected chi connectivity index (χ2v) is 6.68. The summed E-state index contributed by atoms with van der Waals surface area (Å²) in [5.74, 6) is -1.48. The molecule has 1 fully saturated rings. The minimum Gasteiger partial charge on any atom is -0.396 e. The van der Waals surface area contributed by atoms with Gasteiger partial charge < -0.3 is 15.3 Å². The van der Waals surface area contributed by atoms with Crippen molar-refractivity contribution in [2.24, 2.45) is 0 Å². The molecule has 2 amide bonds. The van der Waals surface area contributed by atoms with Crippen molar-refractivity contribution >= 4 is 11.8 Å². The quantitative estimate of drug-likeness (QED) is 0.849. The van der Waals surface area contributed by atoms with Crippen molar-refractivity contribution in [3.8, 4) is 11.1 Å². The second-order valence-electron chi connectivity index (χ2n) is 6.68. The minimum atomic E-state index is -0.688. The van der Waals surface area contributed by atoms with Gasteiger partial charge in [-0.05, 0) is 30.5 Å². The van der Waals surface area contributed by atoms with Crippen molar-refractivity contribution in [1.29, 1.82) is 0 Å². The first-order chi connectivity index (χ1) is 13.0. The van der Waals surface area contributed by atoms with Crippen molar-refractivity contribution in [3.63, 3.8) is 0 Å². The fourth-order valence-corrected chi connectivity index (χ4v) is 3.43. The first kappa shape index (κ1) is 19.0. The lowest BCUT2D eigenvalue weighted by Gasteiger charge is -2.36. The van der Waals surface area contributed by atoms with E-state index in [9.17, 15) is 19.1 Å². The molecule has 1 aliphatic rings. The summed E-state index contributed by atoms with van der Waals surface area (Å²) >= 11 is 0. The van der Waals surface area contributed by atoms with E-state index in [1.807, 2.05) is 30.3 Å². The van der Waals surface area contributed by atoms with Gasteiger partial charge in [-0.25, -0.2) is 4.39 Å². The Bertz CT molecular complexity index is 825. The van der Waals surface area contributed by atoms with Crippen molar-refractivity contribution in [2.45, 2.75) is 25.3 Å². The first-order valence-corrected chi connectivity index (χ1v) is 9.07. The summed E-state index contributed by atoms with van der Waals surface area (Å²) in [6.07, 6.45) is 0.186. The maximum absolute atomic E-state index is 14.6. The molecular weight excluding hydrogens is 347 g/mol. The van der Waals surface area contributed by atoms with E-state index < -0.39 is 12.0 Å². The molecule has 142 valence electrons. The molecule has 0 spiro atoms. The molecule has 2 aromatic carbocycles. The number of nitrogens with zero attached hydrogens (tertiary/aromatic N) is 1. The highest BCUT2D eigenvalue weighted by atomic mass is 19.1. The SMILES string of the molecule is C[C@H](C(=O)N1CCNC(=O)[C@@H]1CCO)c1ccc(-c2ccccc2)c(F)c1. The van der Waals surface area contributed by atoms with Crippen LogP contribution >= 0.6 is 0 Å². The van der Waals surface area contributed by atoms with Crippen LogP contribution in [0.5, 0.6) is 0 Å². The Labute approximate surface area is 157 Å². The number of carbonyl (C=O) groups is 2. The number of hydrogen-bond acceptors (Lipinski definition) is 3. The third-order valence-corrected chi connectivity index (χ3v) is 4.96. The topological polar surface area (TPSA) is 69.6 Å². The number of carbonyl (C=O) groups excluding carboxylic acids is 2. The highest BCUT2D eigenvalue weighted by Gasteiger charge is 2.35. The zero-order valence-corrected chi connectivity index (χ0v) is 15.2. The van der Waals surface area contributed by atoms with Gasteiger partial charge in [0.25, 0.3) is 0 Å². The fourth-order valence-electron chi connectivity index (χ4n) is 3.43. The monoisotopic (exact) mass is 370 g/mol. The van der Waals surface area contributed by atoms with Crippen molar-refractivity contribution in [2.75, 3.05) is 19.7 Å². The van der Waals surface area contributed by atoms with E-state index in [2.05, 4.69) is 5.32 Å². The van der Waals surface area contributed by atoms with Gasteiger partial charge in [-0.1, -0.05) is 42.5 Å². The van der Waals surface area contributed by atoms with Gasteiger partial charge in [0.1, 0.15) is 11.9 Å². The number of benzene rings is 2. The molecule has 0 saturated carbocycles. The predicted molar refractivity (Wildman–Crippen MR) is 100 cm³/mol. The zero-order chi connectivity index (χ0) is 19.4.